The summed E-state index contributed by atoms with van der Waals surface area (Å²) in [7, 11) is 0. The van der Waals surface area contributed by atoms with Gasteiger partial charge in [0.2, 0.25) is 0 Å². The molecule has 0 unspecified atom stereocenters. The van der Waals surface area contributed by atoms with E-state index in [1.165, 1.54) is 10.9 Å². The van der Waals surface area contributed by atoms with Gasteiger partial charge < -0.3 is 5.11 Å². The number of aromatic hydroxyl groups is 1. The summed E-state index contributed by atoms with van der Waals surface area (Å²) in [4.78, 5) is 25.3. The number of unbranched alkanes of at least 4 members (excludes halogenated alkanes) is 1. The second-order valence-corrected chi connectivity index (χ2v) is 6.98. The van der Waals surface area contributed by atoms with Crippen molar-refractivity contribution in [2.75, 3.05) is 0 Å². The zero-order chi connectivity index (χ0) is 21.0. The third-order valence-electron chi connectivity index (χ3n) is 4.70. The summed E-state index contributed by atoms with van der Waals surface area (Å²) in [5, 5.41) is 19.1. The summed E-state index contributed by atoms with van der Waals surface area (Å²) in [5.41, 5.74) is 4.65. The molecule has 0 fully saturated rings. The van der Waals surface area contributed by atoms with Crippen LogP contribution in [0.3, 0.4) is 0 Å². The quantitative estimate of drug-likeness (QED) is 0.497. The Morgan fingerprint density at radius 1 is 1.21 bits per heavy atom. The topological polar surface area (TPSA) is 96.6 Å². The predicted molar refractivity (Wildman–Crippen MR) is 114 cm³/mol. The van der Waals surface area contributed by atoms with Crippen LogP contribution in [0.5, 0.6) is 5.75 Å². The second-order valence-electron chi connectivity index (χ2n) is 6.98. The Morgan fingerprint density at radius 2 is 1.86 bits per heavy atom. The molecular weight excluding hydrogens is 368 g/mol. The van der Waals surface area contributed by atoms with Crippen LogP contribution >= 0.6 is 0 Å². The van der Waals surface area contributed by atoms with Crippen molar-refractivity contribution in [2.24, 2.45) is 5.10 Å². The van der Waals surface area contributed by atoms with Gasteiger partial charge in [0.25, 0.3) is 11.5 Å². The summed E-state index contributed by atoms with van der Waals surface area (Å²) in [6.07, 6.45) is 3.22. The zero-order valence-electron chi connectivity index (χ0n) is 16.8. The highest BCUT2D eigenvalue weighted by Gasteiger charge is 2.16. The standard InChI is InChI=1S/C22H24N4O3/c1-4-5-10-26-22(29)18-9-7-6-8-17(18)19(25-26)21(28)24-23-13-16-11-14(2)20(27)15(3)12-16/h6-9,11-13,27H,4-5,10H2,1-3H3,(H,24,28)/b23-13+. The minimum Gasteiger partial charge on any atom is -0.507 e. The van der Waals surface area contributed by atoms with E-state index in [0.29, 0.717) is 17.3 Å². The fourth-order valence-corrected chi connectivity index (χ4v) is 3.14. The molecule has 7 nitrogen and oxygen atoms in total. The predicted octanol–water partition coefficient (Wildman–Crippen LogP) is 3.28. The van der Waals surface area contributed by atoms with Crippen molar-refractivity contribution in [2.45, 2.75) is 40.2 Å². The van der Waals surface area contributed by atoms with E-state index in [9.17, 15) is 14.7 Å². The van der Waals surface area contributed by atoms with E-state index in [-0.39, 0.29) is 17.0 Å². The highest BCUT2D eigenvalue weighted by Crippen LogP contribution is 2.22. The molecule has 2 N–H and O–H groups in total. The Labute approximate surface area is 168 Å². The van der Waals surface area contributed by atoms with E-state index in [0.717, 1.165) is 29.5 Å². The van der Waals surface area contributed by atoms with Crippen LogP contribution in [-0.2, 0) is 6.54 Å². The van der Waals surface area contributed by atoms with E-state index in [1.807, 2.05) is 6.92 Å². The summed E-state index contributed by atoms with van der Waals surface area (Å²) in [5.74, 6) is -0.244. The fourth-order valence-electron chi connectivity index (χ4n) is 3.14. The fraction of sp³-hybridized carbons (Fsp3) is 0.273. The summed E-state index contributed by atoms with van der Waals surface area (Å²) < 4.78 is 1.34. The number of hydrazone groups is 1. The average molecular weight is 392 g/mol. The number of nitrogens with zero attached hydrogens (tertiary/aromatic N) is 3. The van der Waals surface area contributed by atoms with Gasteiger partial charge in [0.15, 0.2) is 5.69 Å². The minimum atomic E-state index is -0.491. The van der Waals surface area contributed by atoms with Crippen LogP contribution in [0, 0.1) is 13.8 Å². The Morgan fingerprint density at radius 3 is 2.52 bits per heavy atom. The number of phenols is 1. The molecule has 7 heteroatoms. The average Bonchev–Trinajstić information content (AvgIpc) is 2.71. The molecule has 0 spiro atoms. The molecule has 3 rings (SSSR count). The van der Waals surface area contributed by atoms with Gasteiger partial charge in [-0.2, -0.15) is 10.2 Å². The van der Waals surface area contributed by atoms with Crippen molar-refractivity contribution in [1.29, 1.82) is 0 Å². The van der Waals surface area contributed by atoms with Crippen molar-refractivity contribution in [3.8, 4) is 5.75 Å². The molecule has 2 aromatic carbocycles. The monoisotopic (exact) mass is 392 g/mol. The molecule has 0 aliphatic carbocycles. The third kappa shape index (κ3) is 4.34. The first-order valence-corrected chi connectivity index (χ1v) is 9.55. The van der Waals surface area contributed by atoms with Crippen molar-refractivity contribution < 1.29 is 9.90 Å². The van der Waals surface area contributed by atoms with E-state index in [4.69, 9.17) is 0 Å². The lowest BCUT2D eigenvalue weighted by Gasteiger charge is -2.09. The number of aromatic nitrogens is 2. The van der Waals surface area contributed by atoms with Crippen molar-refractivity contribution in [1.82, 2.24) is 15.2 Å². The second kappa shape index (κ2) is 8.68. The number of aryl methyl sites for hydroxylation is 3. The van der Waals surface area contributed by atoms with Crippen LogP contribution < -0.4 is 11.0 Å². The maximum absolute atomic E-state index is 12.7. The van der Waals surface area contributed by atoms with E-state index < -0.39 is 5.91 Å². The Hall–Kier alpha value is -3.48. The molecule has 0 saturated carbocycles. The number of phenolic OH excluding ortho intramolecular Hbond substituents is 1. The van der Waals surface area contributed by atoms with Crippen LogP contribution in [0.2, 0.25) is 0 Å². The Kier molecular flexibility index (Phi) is 6.07. The highest BCUT2D eigenvalue weighted by molar-refractivity contribution is 6.05. The lowest BCUT2D eigenvalue weighted by Crippen LogP contribution is -2.29. The van der Waals surface area contributed by atoms with Crippen LogP contribution in [0.25, 0.3) is 10.8 Å². The largest absolute Gasteiger partial charge is 0.507 e. The maximum atomic E-state index is 12.7. The Bertz CT molecular complexity index is 1130. The van der Waals surface area contributed by atoms with Gasteiger partial charge >= 0.3 is 0 Å². The van der Waals surface area contributed by atoms with E-state index >= 15 is 0 Å². The molecular formula is C22H24N4O3. The molecule has 0 radical (unpaired) electrons. The first-order valence-electron chi connectivity index (χ1n) is 9.55. The molecule has 0 saturated heterocycles. The first kappa shape index (κ1) is 20.3. The molecule has 0 aliphatic heterocycles. The molecule has 150 valence electrons. The molecule has 0 aliphatic rings. The molecule has 0 bridgehead atoms. The highest BCUT2D eigenvalue weighted by atomic mass is 16.3. The van der Waals surface area contributed by atoms with Gasteiger partial charge in [0.05, 0.1) is 11.6 Å². The molecule has 3 aromatic rings. The van der Waals surface area contributed by atoms with Crippen LogP contribution in [-0.4, -0.2) is 27.0 Å². The number of hydrogen-bond donors (Lipinski definition) is 2. The first-order chi connectivity index (χ1) is 13.9. The van der Waals surface area contributed by atoms with Gasteiger partial charge in [-0.1, -0.05) is 31.5 Å². The lowest BCUT2D eigenvalue weighted by molar-refractivity contribution is 0.0949. The molecule has 1 aromatic heterocycles. The van der Waals surface area contributed by atoms with Crippen LogP contribution in [0.15, 0.2) is 46.3 Å². The van der Waals surface area contributed by atoms with Crippen molar-refractivity contribution >= 4 is 22.9 Å². The number of hydrogen-bond acceptors (Lipinski definition) is 5. The van der Waals surface area contributed by atoms with Gasteiger partial charge in [-0.25, -0.2) is 10.1 Å². The normalized spacial score (nSPS) is 11.3. The smallest absolute Gasteiger partial charge is 0.292 e. The number of nitrogens with one attached hydrogen (secondary N) is 1. The van der Waals surface area contributed by atoms with Gasteiger partial charge in [-0.05, 0) is 55.2 Å². The number of carbonyl (C=O) groups excluding carboxylic acids is 1. The lowest BCUT2D eigenvalue weighted by atomic mass is 10.1. The summed E-state index contributed by atoms with van der Waals surface area (Å²) >= 11 is 0. The molecule has 0 atom stereocenters. The maximum Gasteiger partial charge on any atom is 0.292 e. The molecule has 1 amide bonds. The third-order valence-corrected chi connectivity index (χ3v) is 4.70. The van der Waals surface area contributed by atoms with Gasteiger partial charge in [-0.3, -0.25) is 9.59 Å². The molecule has 1 heterocycles. The number of rotatable bonds is 6. The summed E-state index contributed by atoms with van der Waals surface area (Å²) in [6.45, 7) is 6.08. The van der Waals surface area contributed by atoms with Gasteiger partial charge in [0, 0.05) is 11.9 Å². The minimum absolute atomic E-state index is 0.159. The number of amides is 1. The SMILES string of the molecule is CCCCn1nc(C(=O)N/N=C/c2cc(C)c(O)c(C)c2)c2ccccc2c1=O. The van der Waals surface area contributed by atoms with Gasteiger partial charge in [-0.15, -0.1) is 0 Å². The number of fused-ring (bicyclic) bond motifs is 1. The van der Waals surface area contributed by atoms with Gasteiger partial charge in [0.1, 0.15) is 5.75 Å². The molecule has 29 heavy (non-hydrogen) atoms. The van der Waals surface area contributed by atoms with Crippen molar-refractivity contribution in [3.05, 3.63) is 69.1 Å². The summed E-state index contributed by atoms with van der Waals surface area (Å²) in [6, 6.07) is 10.5. The number of carbonyl (C=O) groups is 1. The number of benzene rings is 2. The van der Waals surface area contributed by atoms with Crippen LogP contribution in [0.4, 0.5) is 0 Å². The zero-order valence-corrected chi connectivity index (χ0v) is 16.8. The Balaban J connectivity index is 1.90. The van der Waals surface area contributed by atoms with Crippen molar-refractivity contribution in [3.63, 3.8) is 0 Å². The van der Waals surface area contributed by atoms with E-state index in [2.05, 4.69) is 15.6 Å². The van der Waals surface area contributed by atoms with Crippen LogP contribution in [0.1, 0.15) is 46.9 Å². The van der Waals surface area contributed by atoms with E-state index in [1.54, 1.807) is 50.2 Å².